The van der Waals surface area contributed by atoms with Crippen LogP contribution in [0.1, 0.15) is 68.1 Å². The van der Waals surface area contributed by atoms with Crippen molar-refractivity contribution in [1.29, 1.82) is 0 Å². The molecule has 1 aliphatic carbocycles. The Kier molecular flexibility index (Phi) is 9.52. The van der Waals surface area contributed by atoms with Gasteiger partial charge in [-0.15, -0.1) is 0 Å². The van der Waals surface area contributed by atoms with Gasteiger partial charge in [-0.1, -0.05) is 0 Å². The minimum atomic E-state index is -4.14. The first-order valence-electron chi connectivity index (χ1n) is 15.5. The number of halogens is 3. The minimum Gasteiger partial charge on any atom is -0.394 e. The van der Waals surface area contributed by atoms with Gasteiger partial charge < -0.3 is 20.1 Å². The van der Waals surface area contributed by atoms with Crippen molar-refractivity contribution in [3.63, 3.8) is 0 Å². The maximum Gasteiger partial charge on any atom is 0.389 e. The van der Waals surface area contributed by atoms with Gasteiger partial charge in [-0.3, -0.25) is 9.79 Å². The highest BCUT2D eigenvalue weighted by atomic mass is 32.2. The molecule has 1 aromatic carbocycles. The third kappa shape index (κ3) is 7.00. The van der Waals surface area contributed by atoms with Crippen molar-refractivity contribution in [1.82, 2.24) is 14.2 Å². The second-order valence-corrected chi connectivity index (χ2v) is 14.9. The van der Waals surface area contributed by atoms with E-state index in [1.54, 1.807) is 0 Å². The van der Waals surface area contributed by atoms with E-state index in [1.807, 2.05) is 36.7 Å². The summed E-state index contributed by atoms with van der Waals surface area (Å²) < 4.78 is 68.0. The number of amidine groups is 1. The molecule has 3 aliphatic rings. The zero-order valence-corrected chi connectivity index (χ0v) is 26.2. The molecule has 1 atom stereocenters. The number of nitrogens with zero attached hydrogens (tertiary/aromatic N) is 3. The Morgan fingerprint density at radius 3 is 2.48 bits per heavy atom. The highest BCUT2D eigenvalue weighted by Crippen LogP contribution is 2.38. The van der Waals surface area contributed by atoms with Crippen LogP contribution in [-0.4, -0.2) is 82.5 Å². The number of fused-ring (bicyclic) bond motifs is 1. The lowest BCUT2D eigenvalue weighted by Crippen LogP contribution is -2.51. The van der Waals surface area contributed by atoms with Crippen molar-refractivity contribution in [3.05, 3.63) is 35.0 Å². The van der Waals surface area contributed by atoms with Crippen LogP contribution in [0.5, 0.6) is 0 Å². The van der Waals surface area contributed by atoms with Crippen molar-refractivity contribution in [2.75, 3.05) is 25.4 Å². The lowest BCUT2D eigenvalue weighted by molar-refractivity contribution is -0.138. The first-order chi connectivity index (χ1) is 20.7. The number of aromatic nitrogens is 1. The molecule has 44 heavy (non-hydrogen) atoms. The van der Waals surface area contributed by atoms with Gasteiger partial charge in [-0.05, 0) is 100.0 Å². The number of nitrogens with one attached hydrogen (secondary N) is 1. The molecular formula is C31H43F3N4O5S. The standard InChI is InChI=1S/C31H43F3N4O5S/c1-20-17-27-26(8-13-37(27)18-24(40)19-39)21(2)25(20)9-16-44(42,43)38-14-11-30(12-15-38)29(41)35-28(36-30)23-5-3-22(4-6-23)7-10-31(32,33)34/h8,13,17,22-24,39-40H,3-7,9-12,14-16,18-19H2,1-2H3,(H,35,36,41). The zero-order chi connectivity index (χ0) is 31.9. The van der Waals surface area contributed by atoms with Crippen molar-refractivity contribution >= 4 is 32.7 Å². The SMILES string of the molecule is Cc1cc2c(ccn2CC(O)CO)c(C)c1CCS(=O)(=O)N1CCC2(CC1)N=C(C1CCC(CCC(F)(F)F)CC1)NC2=O. The van der Waals surface area contributed by atoms with Gasteiger partial charge in [0.1, 0.15) is 11.4 Å². The molecule has 3 N–H and O–H groups in total. The lowest BCUT2D eigenvalue weighted by Gasteiger charge is -2.34. The average Bonchev–Trinajstić information content (AvgIpc) is 3.52. The summed E-state index contributed by atoms with van der Waals surface area (Å²) in [5.74, 6) is 0.399. The van der Waals surface area contributed by atoms with E-state index in [-0.39, 0.29) is 56.2 Å². The number of sulfonamides is 1. The molecule has 2 aromatic rings. The van der Waals surface area contributed by atoms with E-state index in [9.17, 15) is 36.6 Å². The van der Waals surface area contributed by atoms with Crippen LogP contribution >= 0.6 is 0 Å². The summed E-state index contributed by atoms with van der Waals surface area (Å²) in [6, 6.07) is 3.93. The molecule has 13 heteroatoms. The number of rotatable bonds is 10. The van der Waals surface area contributed by atoms with Crippen molar-refractivity contribution in [2.24, 2.45) is 16.8 Å². The van der Waals surface area contributed by atoms with Crippen LogP contribution in [0.15, 0.2) is 23.3 Å². The Hall–Kier alpha value is -2.48. The fourth-order valence-corrected chi connectivity index (χ4v) is 8.66. The summed E-state index contributed by atoms with van der Waals surface area (Å²) in [4.78, 5) is 17.9. The van der Waals surface area contributed by atoms with Gasteiger partial charge in [-0.25, -0.2) is 12.7 Å². The van der Waals surface area contributed by atoms with Crippen LogP contribution in [-0.2, 0) is 27.8 Å². The predicted octanol–water partition coefficient (Wildman–Crippen LogP) is 4.00. The van der Waals surface area contributed by atoms with Gasteiger partial charge in [-0.2, -0.15) is 13.2 Å². The number of piperidine rings is 1. The quantitative estimate of drug-likeness (QED) is 0.362. The molecule has 1 amide bonds. The van der Waals surface area contributed by atoms with E-state index in [0.29, 0.717) is 50.8 Å². The summed E-state index contributed by atoms with van der Waals surface area (Å²) in [7, 11) is -3.60. The molecule has 1 unspecified atom stereocenters. The molecule has 2 aliphatic heterocycles. The number of carbonyl (C=O) groups excluding carboxylic acids is 1. The van der Waals surface area contributed by atoms with Crippen molar-refractivity contribution in [3.8, 4) is 0 Å². The number of amides is 1. The molecule has 0 bridgehead atoms. The van der Waals surface area contributed by atoms with Gasteiger partial charge in [0.05, 0.1) is 25.0 Å². The van der Waals surface area contributed by atoms with Crippen LogP contribution in [0.4, 0.5) is 13.2 Å². The van der Waals surface area contributed by atoms with Crippen molar-refractivity contribution in [2.45, 2.75) is 96.0 Å². The zero-order valence-electron chi connectivity index (χ0n) is 25.4. The summed E-state index contributed by atoms with van der Waals surface area (Å²) in [6.07, 6.45) is -0.0974. The third-order valence-electron chi connectivity index (χ3n) is 9.93. The third-order valence-corrected chi connectivity index (χ3v) is 11.8. The normalized spacial score (nSPS) is 23.7. The molecule has 0 radical (unpaired) electrons. The maximum absolute atomic E-state index is 13.4. The van der Waals surface area contributed by atoms with E-state index in [0.717, 1.165) is 27.6 Å². The smallest absolute Gasteiger partial charge is 0.389 e. The first-order valence-corrected chi connectivity index (χ1v) is 17.1. The molecule has 1 saturated carbocycles. The maximum atomic E-state index is 13.4. The summed E-state index contributed by atoms with van der Waals surface area (Å²) in [5, 5.41) is 23.0. The van der Waals surface area contributed by atoms with Crippen LogP contribution < -0.4 is 5.32 Å². The molecule has 9 nitrogen and oxygen atoms in total. The number of hydrogen-bond donors (Lipinski definition) is 3. The van der Waals surface area contributed by atoms with Gasteiger partial charge in [0.15, 0.2) is 0 Å². The van der Waals surface area contributed by atoms with Crippen LogP contribution in [0, 0.1) is 25.7 Å². The number of hydrogen-bond acceptors (Lipinski definition) is 6. The Morgan fingerprint density at radius 1 is 1.16 bits per heavy atom. The number of carbonyl (C=O) groups is 1. The molecule has 1 saturated heterocycles. The Bertz CT molecular complexity index is 1500. The van der Waals surface area contributed by atoms with Gasteiger partial charge in [0, 0.05) is 42.5 Å². The Balaban J connectivity index is 1.18. The topological polar surface area (TPSA) is 124 Å². The van der Waals surface area contributed by atoms with Gasteiger partial charge in [0.25, 0.3) is 5.91 Å². The van der Waals surface area contributed by atoms with Gasteiger partial charge >= 0.3 is 6.18 Å². The van der Waals surface area contributed by atoms with E-state index in [1.165, 1.54) is 4.31 Å². The second kappa shape index (κ2) is 12.7. The van der Waals surface area contributed by atoms with E-state index < -0.39 is 34.3 Å². The minimum absolute atomic E-state index is 0.0164. The van der Waals surface area contributed by atoms with E-state index in [2.05, 4.69) is 5.32 Å². The largest absolute Gasteiger partial charge is 0.394 e. The van der Waals surface area contributed by atoms with Crippen LogP contribution in [0.25, 0.3) is 10.9 Å². The highest BCUT2D eigenvalue weighted by molar-refractivity contribution is 7.89. The number of aryl methyl sites for hydroxylation is 2. The van der Waals surface area contributed by atoms with Crippen LogP contribution in [0.2, 0.25) is 0 Å². The molecule has 244 valence electrons. The van der Waals surface area contributed by atoms with Crippen molar-refractivity contribution < 1.29 is 36.6 Å². The number of aliphatic hydroxyl groups is 2. The van der Waals surface area contributed by atoms with E-state index in [4.69, 9.17) is 4.99 Å². The molecule has 3 heterocycles. The summed E-state index contributed by atoms with van der Waals surface area (Å²) in [5.41, 5.74) is 2.85. The lowest BCUT2D eigenvalue weighted by atomic mass is 9.79. The second-order valence-electron chi connectivity index (χ2n) is 12.9. The Labute approximate surface area is 256 Å². The molecule has 1 spiro atoms. The summed E-state index contributed by atoms with van der Waals surface area (Å²) in [6.45, 7) is 4.24. The molecule has 1 aromatic heterocycles. The van der Waals surface area contributed by atoms with E-state index >= 15 is 0 Å². The highest BCUT2D eigenvalue weighted by Gasteiger charge is 2.48. The molecular weight excluding hydrogens is 597 g/mol. The number of alkyl halides is 3. The van der Waals surface area contributed by atoms with Gasteiger partial charge in [0.2, 0.25) is 10.0 Å². The summed E-state index contributed by atoms with van der Waals surface area (Å²) >= 11 is 0. The first kappa shape index (κ1) is 32.9. The fraction of sp³-hybridized carbons (Fsp3) is 0.677. The number of aliphatic hydroxyl groups excluding tert-OH is 2. The molecule has 2 fully saturated rings. The van der Waals surface area contributed by atoms with Crippen LogP contribution in [0.3, 0.4) is 0 Å². The Morgan fingerprint density at radius 2 is 1.84 bits per heavy atom. The number of aliphatic imine (C=N–C) groups is 1. The fourth-order valence-electron chi connectivity index (χ4n) is 7.20. The average molecular weight is 641 g/mol. The molecule has 5 rings (SSSR count). The monoisotopic (exact) mass is 640 g/mol. The predicted molar refractivity (Wildman–Crippen MR) is 162 cm³/mol. The number of benzene rings is 1.